The van der Waals surface area contributed by atoms with Gasteiger partial charge in [-0.15, -0.1) is 0 Å². The average molecular weight is 720 g/mol. The number of likely N-dealkylation sites (N-methyl/N-ethyl adjacent to an activating group) is 1. The van der Waals surface area contributed by atoms with Gasteiger partial charge in [0.15, 0.2) is 6.10 Å². The summed E-state index contributed by atoms with van der Waals surface area (Å²) in [7, 11) is 1.18. The van der Waals surface area contributed by atoms with Crippen LogP contribution >= 0.6 is 7.82 Å². The van der Waals surface area contributed by atoms with Crippen molar-refractivity contribution in [1.29, 1.82) is 0 Å². The Labute approximate surface area is 302 Å². The third kappa shape index (κ3) is 36.6. The highest BCUT2D eigenvalue weighted by Crippen LogP contribution is 2.38. The fourth-order valence-electron chi connectivity index (χ4n) is 5.65. The highest BCUT2D eigenvalue weighted by Gasteiger charge is 2.21. The summed E-state index contributed by atoms with van der Waals surface area (Å²) < 4.78 is 33.8. The number of carbonyl (C=O) groups excluding carboxylic acids is 2. The van der Waals surface area contributed by atoms with Gasteiger partial charge < -0.3 is 27.9 Å². The molecule has 0 radical (unpaired) electrons. The summed E-state index contributed by atoms with van der Waals surface area (Å²) in [5.74, 6) is -0.825. The normalized spacial score (nSPS) is 13.7. The minimum absolute atomic E-state index is 0.0260. The maximum absolute atomic E-state index is 12.6. The Morgan fingerprint density at radius 3 is 1.31 bits per heavy atom. The van der Waals surface area contributed by atoms with Crippen LogP contribution in [0.3, 0.4) is 0 Å². The summed E-state index contributed by atoms with van der Waals surface area (Å²) in [6.45, 7) is 4.23. The molecular formula is C39H78NO8P. The van der Waals surface area contributed by atoms with E-state index in [9.17, 15) is 19.0 Å². The lowest BCUT2D eigenvalue weighted by atomic mass is 10.0. The van der Waals surface area contributed by atoms with E-state index in [1.54, 1.807) is 0 Å². The third-order valence-electron chi connectivity index (χ3n) is 8.88. The summed E-state index contributed by atoms with van der Waals surface area (Å²) in [6.07, 6.45) is 29.8. The summed E-state index contributed by atoms with van der Waals surface area (Å²) in [4.78, 5) is 37.3. The van der Waals surface area contributed by atoms with Crippen LogP contribution in [-0.4, -0.2) is 70.0 Å². The highest BCUT2D eigenvalue weighted by molar-refractivity contribution is 7.45. The molecular weight excluding hydrogens is 641 g/mol. The Bertz CT molecular complexity index is 819. The van der Waals surface area contributed by atoms with E-state index in [1.165, 1.54) is 122 Å². The lowest BCUT2D eigenvalue weighted by Gasteiger charge is -2.28. The molecule has 49 heavy (non-hydrogen) atoms. The molecule has 0 heterocycles. The molecule has 0 saturated heterocycles. The highest BCUT2D eigenvalue weighted by atomic mass is 31.2. The molecule has 0 bridgehead atoms. The van der Waals surface area contributed by atoms with Crippen LogP contribution in [-0.2, 0) is 32.7 Å². The minimum atomic E-state index is -4.61. The number of ether oxygens (including phenoxy) is 2. The zero-order valence-electron chi connectivity index (χ0n) is 32.7. The number of phosphoric acid groups is 1. The number of nitrogens with zero attached hydrogens (tertiary/aromatic N) is 1. The van der Waals surface area contributed by atoms with Crippen molar-refractivity contribution in [1.82, 2.24) is 0 Å². The van der Waals surface area contributed by atoms with Crippen LogP contribution in [0.1, 0.15) is 187 Å². The van der Waals surface area contributed by atoms with Gasteiger partial charge in [-0.25, -0.2) is 0 Å². The van der Waals surface area contributed by atoms with E-state index in [0.717, 1.165) is 32.1 Å². The topological polar surface area (TPSA) is 111 Å². The summed E-state index contributed by atoms with van der Waals surface area (Å²) in [6, 6.07) is 0. The first-order chi connectivity index (χ1) is 23.5. The maximum atomic E-state index is 12.6. The number of phosphoric ester groups is 1. The molecule has 0 aromatic heterocycles. The van der Waals surface area contributed by atoms with E-state index >= 15 is 0 Å². The molecule has 0 aliphatic carbocycles. The van der Waals surface area contributed by atoms with Gasteiger partial charge in [0.2, 0.25) is 0 Å². The van der Waals surface area contributed by atoms with Gasteiger partial charge in [-0.2, -0.15) is 0 Å². The van der Waals surface area contributed by atoms with E-state index in [4.69, 9.17) is 18.5 Å². The second-order valence-electron chi connectivity index (χ2n) is 15.0. The Hall–Kier alpha value is -0.990. The molecule has 10 heteroatoms. The van der Waals surface area contributed by atoms with Crippen LogP contribution in [0.4, 0.5) is 0 Å². The Morgan fingerprint density at radius 2 is 0.918 bits per heavy atom. The molecule has 0 rings (SSSR count). The fraction of sp³-hybridized carbons (Fsp3) is 0.949. The zero-order valence-corrected chi connectivity index (χ0v) is 33.6. The van der Waals surface area contributed by atoms with Gasteiger partial charge >= 0.3 is 11.9 Å². The number of carbonyl (C=O) groups is 2. The first-order valence-electron chi connectivity index (χ1n) is 20.2. The standard InChI is InChI=1S/C39H78NO8P/c1-6-8-10-12-14-16-18-20-22-24-26-28-30-32-39(42)48-37(36-47-49(43,44)46-34-33-40(3,4)5)35-45-38(41)31-29-27-25-23-21-19-17-15-13-11-9-7-2/h37H,6-36H2,1-5H3/t37-/m1/s1. The van der Waals surface area contributed by atoms with Crippen LogP contribution in [0.15, 0.2) is 0 Å². The van der Waals surface area contributed by atoms with Gasteiger partial charge in [-0.3, -0.25) is 14.2 Å². The maximum Gasteiger partial charge on any atom is 0.306 e. The minimum Gasteiger partial charge on any atom is -0.756 e. The van der Waals surface area contributed by atoms with E-state index in [2.05, 4.69) is 13.8 Å². The number of hydrogen-bond donors (Lipinski definition) is 0. The van der Waals surface area contributed by atoms with Crippen LogP contribution in [0.2, 0.25) is 0 Å². The quantitative estimate of drug-likeness (QED) is 0.0270. The van der Waals surface area contributed by atoms with Crippen molar-refractivity contribution in [2.75, 3.05) is 47.5 Å². The van der Waals surface area contributed by atoms with Gasteiger partial charge in [0, 0.05) is 12.8 Å². The number of quaternary nitrogens is 1. The van der Waals surface area contributed by atoms with Crippen LogP contribution < -0.4 is 4.89 Å². The molecule has 0 aromatic rings. The van der Waals surface area contributed by atoms with Crippen LogP contribution in [0, 0.1) is 0 Å². The van der Waals surface area contributed by atoms with Gasteiger partial charge in [0.25, 0.3) is 7.82 Å². The molecule has 0 amide bonds. The van der Waals surface area contributed by atoms with Gasteiger partial charge in [0.05, 0.1) is 27.7 Å². The first kappa shape index (κ1) is 48.0. The second-order valence-corrected chi connectivity index (χ2v) is 16.4. The molecule has 0 N–H and O–H groups in total. The zero-order chi connectivity index (χ0) is 36.5. The Kier molecular flexibility index (Phi) is 32.2. The lowest BCUT2D eigenvalue weighted by Crippen LogP contribution is -2.37. The monoisotopic (exact) mass is 720 g/mol. The predicted octanol–water partition coefficient (Wildman–Crippen LogP) is 10.2. The van der Waals surface area contributed by atoms with Crippen molar-refractivity contribution < 1.29 is 42.1 Å². The Balaban J connectivity index is 4.38. The fourth-order valence-corrected chi connectivity index (χ4v) is 6.38. The SMILES string of the molecule is CCCCCCCCCCCCCCCC(=O)O[C@H](COC(=O)CCCCCCCCCCCCCC)COP(=O)([O-])OCC[N+](C)(C)C. The van der Waals surface area contributed by atoms with E-state index < -0.39 is 26.5 Å². The van der Waals surface area contributed by atoms with Crippen molar-refractivity contribution in [2.45, 2.75) is 193 Å². The molecule has 2 atom stereocenters. The number of rotatable bonds is 37. The van der Waals surface area contributed by atoms with Crippen LogP contribution in [0.5, 0.6) is 0 Å². The smallest absolute Gasteiger partial charge is 0.306 e. The van der Waals surface area contributed by atoms with Crippen molar-refractivity contribution >= 4 is 19.8 Å². The molecule has 0 aliphatic rings. The average Bonchev–Trinajstić information content (AvgIpc) is 3.04. The Morgan fingerprint density at radius 1 is 0.551 bits per heavy atom. The second kappa shape index (κ2) is 32.9. The van der Waals surface area contributed by atoms with Gasteiger partial charge in [0.1, 0.15) is 19.8 Å². The number of hydrogen-bond acceptors (Lipinski definition) is 8. The van der Waals surface area contributed by atoms with Crippen molar-refractivity contribution in [3.05, 3.63) is 0 Å². The lowest BCUT2D eigenvalue weighted by molar-refractivity contribution is -0.870. The van der Waals surface area contributed by atoms with E-state index in [-0.39, 0.29) is 32.0 Å². The summed E-state index contributed by atoms with van der Waals surface area (Å²) in [5.41, 5.74) is 0. The molecule has 292 valence electrons. The van der Waals surface area contributed by atoms with Crippen molar-refractivity contribution in [2.24, 2.45) is 0 Å². The molecule has 0 aromatic carbocycles. The summed E-state index contributed by atoms with van der Waals surface area (Å²) >= 11 is 0. The molecule has 1 unspecified atom stereocenters. The summed E-state index contributed by atoms with van der Waals surface area (Å²) in [5, 5.41) is 0. The van der Waals surface area contributed by atoms with E-state index in [0.29, 0.717) is 17.4 Å². The van der Waals surface area contributed by atoms with Crippen molar-refractivity contribution in [3.8, 4) is 0 Å². The molecule has 0 saturated carbocycles. The van der Waals surface area contributed by atoms with Crippen molar-refractivity contribution in [3.63, 3.8) is 0 Å². The molecule has 0 spiro atoms. The van der Waals surface area contributed by atoms with Crippen LogP contribution in [0.25, 0.3) is 0 Å². The number of esters is 2. The molecule has 9 nitrogen and oxygen atoms in total. The van der Waals surface area contributed by atoms with Gasteiger partial charge in [-0.05, 0) is 12.8 Å². The molecule has 0 aliphatic heterocycles. The number of unbranched alkanes of at least 4 members (excludes halogenated alkanes) is 23. The molecule has 0 fully saturated rings. The largest absolute Gasteiger partial charge is 0.756 e. The van der Waals surface area contributed by atoms with Gasteiger partial charge in [-0.1, -0.05) is 162 Å². The predicted molar refractivity (Wildman–Crippen MR) is 199 cm³/mol. The first-order valence-corrected chi connectivity index (χ1v) is 21.7. The third-order valence-corrected chi connectivity index (χ3v) is 9.84. The van der Waals surface area contributed by atoms with E-state index in [1.807, 2.05) is 21.1 Å².